The number of piperidine rings is 1. The third kappa shape index (κ3) is 4.93. The molecule has 2 atom stereocenters. The molecule has 0 aromatic heterocycles. The molecule has 1 N–H and O–H groups in total. The molecule has 1 radical (unpaired) electrons. The van der Waals surface area contributed by atoms with Gasteiger partial charge in [0.05, 0.1) is 5.60 Å². The fraction of sp³-hybridized carbons (Fsp3) is 0.500. The molecule has 151 valence electrons. The van der Waals surface area contributed by atoms with Gasteiger partial charge in [0.2, 0.25) is 0 Å². The van der Waals surface area contributed by atoms with Crippen molar-refractivity contribution >= 4 is 0 Å². The monoisotopic (exact) mass is 382 g/mol. The second-order valence-electron chi connectivity index (χ2n) is 7.71. The Morgan fingerprint density at radius 3 is 2.54 bits per heavy atom. The molecule has 0 unspecified atom stereocenters. The van der Waals surface area contributed by atoms with Gasteiger partial charge in [-0.05, 0) is 56.7 Å². The Morgan fingerprint density at radius 1 is 1.07 bits per heavy atom. The van der Waals surface area contributed by atoms with Crippen LogP contribution in [0.2, 0.25) is 0 Å². The van der Waals surface area contributed by atoms with E-state index in [1.165, 1.54) is 0 Å². The van der Waals surface area contributed by atoms with Crippen LogP contribution in [0.5, 0.6) is 11.5 Å². The highest BCUT2D eigenvalue weighted by molar-refractivity contribution is 5.43. The fourth-order valence-electron chi connectivity index (χ4n) is 4.08. The van der Waals surface area contributed by atoms with E-state index in [0.29, 0.717) is 19.6 Å². The quantitative estimate of drug-likeness (QED) is 0.634. The maximum absolute atomic E-state index is 12.0. The topological polar surface area (TPSA) is 52.8 Å². The molecule has 1 saturated heterocycles. The van der Waals surface area contributed by atoms with E-state index in [-0.39, 0.29) is 5.92 Å². The lowest BCUT2D eigenvalue weighted by Crippen LogP contribution is -2.42. The average Bonchev–Trinajstić information content (AvgIpc) is 2.74. The summed E-state index contributed by atoms with van der Waals surface area (Å²) in [5.74, 6) is 1.67. The first kappa shape index (κ1) is 20.8. The number of benzene rings is 2. The highest BCUT2D eigenvalue weighted by Crippen LogP contribution is 2.43. The standard InChI is InChI=1S/C24H32NO3/c1-19-10-3-5-13-22(19)28-23-14-6-4-12-21(23)24(26,15-7-8-17-27-2)20-11-9-16-25-18-20/h3-6,10,12-14,20,26H,7-9,11,15-18H2,1-2H3/t20-,24+/m1/s1. The van der Waals surface area contributed by atoms with Crippen molar-refractivity contribution in [3.05, 3.63) is 59.7 Å². The summed E-state index contributed by atoms with van der Waals surface area (Å²) in [6.07, 6.45) is 4.54. The van der Waals surface area contributed by atoms with Crippen molar-refractivity contribution in [3.8, 4) is 11.5 Å². The first-order chi connectivity index (χ1) is 13.6. The molecule has 2 aromatic rings. The van der Waals surface area contributed by atoms with Crippen LogP contribution < -0.4 is 10.1 Å². The molecule has 0 saturated carbocycles. The summed E-state index contributed by atoms with van der Waals surface area (Å²) in [7, 11) is 1.72. The third-order valence-corrected chi connectivity index (χ3v) is 5.72. The SMILES string of the molecule is COCCCC[C@@](O)(c1ccccc1Oc1ccccc1C)[C@@H]1CCC[N]C1. The number of rotatable bonds is 9. The van der Waals surface area contributed by atoms with Crippen LogP contribution in [0.1, 0.15) is 43.2 Å². The molecule has 3 rings (SSSR count). The van der Waals surface area contributed by atoms with Crippen molar-refractivity contribution in [3.63, 3.8) is 0 Å². The van der Waals surface area contributed by atoms with Crippen LogP contribution in [0.25, 0.3) is 0 Å². The summed E-state index contributed by atoms with van der Waals surface area (Å²) in [4.78, 5) is 0. The highest BCUT2D eigenvalue weighted by Gasteiger charge is 2.40. The minimum Gasteiger partial charge on any atom is -0.457 e. The molecular weight excluding hydrogens is 350 g/mol. The molecule has 4 nitrogen and oxygen atoms in total. The Hall–Kier alpha value is -1.88. The normalized spacial score (nSPS) is 19.2. The fourth-order valence-corrected chi connectivity index (χ4v) is 4.08. The Labute approximate surface area is 168 Å². The summed E-state index contributed by atoms with van der Waals surface area (Å²) < 4.78 is 11.5. The lowest BCUT2D eigenvalue weighted by Gasteiger charge is -2.39. The van der Waals surface area contributed by atoms with Crippen molar-refractivity contribution in [2.24, 2.45) is 5.92 Å². The van der Waals surface area contributed by atoms with Gasteiger partial charge < -0.3 is 14.6 Å². The van der Waals surface area contributed by atoms with Gasteiger partial charge in [-0.15, -0.1) is 0 Å². The number of aryl methyl sites for hydroxylation is 1. The van der Waals surface area contributed by atoms with Gasteiger partial charge in [-0.2, -0.15) is 0 Å². The van der Waals surface area contributed by atoms with E-state index in [1.54, 1.807) is 7.11 Å². The number of ether oxygens (including phenoxy) is 2. The summed E-state index contributed by atoms with van der Waals surface area (Å²) >= 11 is 0. The predicted molar refractivity (Wildman–Crippen MR) is 112 cm³/mol. The maximum atomic E-state index is 12.0. The molecule has 4 heteroatoms. The lowest BCUT2D eigenvalue weighted by atomic mass is 9.74. The van der Waals surface area contributed by atoms with Gasteiger partial charge in [0.15, 0.2) is 0 Å². The van der Waals surface area contributed by atoms with Gasteiger partial charge >= 0.3 is 0 Å². The average molecular weight is 383 g/mol. The molecule has 0 aliphatic carbocycles. The number of unbranched alkanes of at least 4 members (excludes halogenated alkanes) is 1. The second kappa shape index (κ2) is 10.1. The van der Waals surface area contributed by atoms with E-state index >= 15 is 0 Å². The summed E-state index contributed by atoms with van der Waals surface area (Å²) in [5.41, 5.74) is 1.00. The van der Waals surface area contributed by atoms with Crippen LogP contribution in [-0.2, 0) is 10.3 Å². The Bertz CT molecular complexity index is 742. The highest BCUT2D eigenvalue weighted by atomic mass is 16.5. The van der Waals surface area contributed by atoms with Gasteiger partial charge in [0.1, 0.15) is 11.5 Å². The second-order valence-corrected chi connectivity index (χ2v) is 7.71. The van der Waals surface area contributed by atoms with E-state index in [2.05, 4.69) is 5.32 Å². The van der Waals surface area contributed by atoms with E-state index in [0.717, 1.165) is 54.9 Å². The van der Waals surface area contributed by atoms with Crippen molar-refractivity contribution in [2.75, 3.05) is 26.8 Å². The number of aliphatic hydroxyl groups is 1. The Morgan fingerprint density at radius 2 is 1.82 bits per heavy atom. The van der Waals surface area contributed by atoms with E-state index in [1.807, 2.05) is 55.5 Å². The molecular formula is C24H32NO3. The van der Waals surface area contributed by atoms with Gasteiger partial charge in [0, 0.05) is 38.3 Å². The van der Waals surface area contributed by atoms with E-state index in [9.17, 15) is 5.11 Å². The zero-order chi connectivity index (χ0) is 19.8. The van der Waals surface area contributed by atoms with Crippen LogP contribution in [0, 0.1) is 12.8 Å². The van der Waals surface area contributed by atoms with Crippen LogP contribution in [0.3, 0.4) is 0 Å². The molecule has 28 heavy (non-hydrogen) atoms. The minimum absolute atomic E-state index is 0.116. The van der Waals surface area contributed by atoms with Gasteiger partial charge in [-0.3, -0.25) is 0 Å². The molecule has 1 aliphatic heterocycles. The molecule has 0 amide bonds. The number of hydrogen-bond acceptors (Lipinski definition) is 3. The lowest BCUT2D eigenvalue weighted by molar-refractivity contribution is -0.0451. The molecule has 0 bridgehead atoms. The Balaban J connectivity index is 1.91. The van der Waals surface area contributed by atoms with Crippen LogP contribution in [-0.4, -0.2) is 31.9 Å². The van der Waals surface area contributed by atoms with E-state index < -0.39 is 5.60 Å². The molecule has 2 aromatic carbocycles. The van der Waals surface area contributed by atoms with E-state index in [4.69, 9.17) is 9.47 Å². The first-order valence-corrected chi connectivity index (χ1v) is 10.3. The first-order valence-electron chi connectivity index (χ1n) is 10.3. The maximum Gasteiger partial charge on any atom is 0.133 e. The largest absolute Gasteiger partial charge is 0.457 e. The third-order valence-electron chi connectivity index (χ3n) is 5.72. The summed E-state index contributed by atoms with van der Waals surface area (Å²) in [6.45, 7) is 4.36. The van der Waals surface area contributed by atoms with Crippen molar-refractivity contribution in [1.82, 2.24) is 5.32 Å². The smallest absolute Gasteiger partial charge is 0.133 e. The molecule has 1 fully saturated rings. The summed E-state index contributed by atoms with van der Waals surface area (Å²) in [6, 6.07) is 15.9. The zero-order valence-electron chi connectivity index (χ0n) is 17.1. The van der Waals surface area contributed by atoms with Crippen LogP contribution >= 0.6 is 0 Å². The predicted octanol–water partition coefficient (Wildman–Crippen LogP) is 4.81. The van der Waals surface area contributed by atoms with Crippen LogP contribution in [0.4, 0.5) is 0 Å². The Kier molecular flexibility index (Phi) is 7.49. The van der Waals surface area contributed by atoms with Gasteiger partial charge in [-0.1, -0.05) is 36.4 Å². The van der Waals surface area contributed by atoms with Gasteiger partial charge in [0.25, 0.3) is 0 Å². The number of para-hydroxylation sites is 2. The molecule has 1 heterocycles. The van der Waals surface area contributed by atoms with Crippen molar-refractivity contribution < 1.29 is 14.6 Å². The number of methoxy groups -OCH3 is 1. The molecule has 0 spiro atoms. The molecule has 1 aliphatic rings. The van der Waals surface area contributed by atoms with Crippen LogP contribution in [0.15, 0.2) is 48.5 Å². The number of nitrogens with zero attached hydrogens (tertiary/aromatic N) is 1. The number of hydrogen-bond donors (Lipinski definition) is 1. The minimum atomic E-state index is -0.947. The zero-order valence-corrected chi connectivity index (χ0v) is 17.1. The van der Waals surface area contributed by atoms with Crippen molar-refractivity contribution in [2.45, 2.75) is 44.6 Å². The summed E-state index contributed by atoms with van der Waals surface area (Å²) in [5, 5.41) is 16.6. The van der Waals surface area contributed by atoms with Gasteiger partial charge in [-0.25, -0.2) is 5.32 Å². The van der Waals surface area contributed by atoms with Crippen molar-refractivity contribution in [1.29, 1.82) is 0 Å².